The lowest BCUT2D eigenvalue weighted by Crippen LogP contribution is -2.40. The van der Waals surface area contributed by atoms with Gasteiger partial charge < -0.3 is 10.1 Å². The van der Waals surface area contributed by atoms with Crippen molar-refractivity contribution in [2.45, 2.75) is 19.4 Å². The van der Waals surface area contributed by atoms with Gasteiger partial charge in [-0.2, -0.15) is 0 Å². The van der Waals surface area contributed by atoms with E-state index in [0.717, 1.165) is 24.9 Å². The van der Waals surface area contributed by atoms with E-state index in [1.54, 1.807) is 30.3 Å². The lowest BCUT2D eigenvalue weighted by Gasteiger charge is -2.32. The van der Waals surface area contributed by atoms with Crippen molar-refractivity contribution in [2.24, 2.45) is 5.92 Å². The SMILES string of the molecule is O=C(Nc1cc(Cl)ccc1Oc1ccccc1)C1CCCN(Cc2ccc(F)cc2)C1. The largest absolute Gasteiger partial charge is 0.455 e. The number of para-hydroxylation sites is 1. The van der Waals surface area contributed by atoms with E-state index in [1.165, 1.54) is 12.1 Å². The Balaban J connectivity index is 1.42. The Morgan fingerprint density at radius 3 is 2.65 bits per heavy atom. The van der Waals surface area contributed by atoms with E-state index in [1.807, 2.05) is 30.3 Å². The molecule has 0 aromatic heterocycles. The van der Waals surface area contributed by atoms with Gasteiger partial charge in [0.1, 0.15) is 11.6 Å². The second-order valence-corrected chi connectivity index (χ2v) is 8.18. The zero-order chi connectivity index (χ0) is 21.6. The topological polar surface area (TPSA) is 41.6 Å². The second kappa shape index (κ2) is 9.94. The molecule has 1 amide bonds. The van der Waals surface area contributed by atoms with Crippen molar-refractivity contribution in [3.05, 3.63) is 89.2 Å². The van der Waals surface area contributed by atoms with Crippen molar-refractivity contribution in [3.8, 4) is 11.5 Å². The number of benzene rings is 3. The molecule has 31 heavy (non-hydrogen) atoms. The van der Waals surface area contributed by atoms with Crippen LogP contribution in [0, 0.1) is 11.7 Å². The number of likely N-dealkylation sites (tertiary alicyclic amines) is 1. The van der Waals surface area contributed by atoms with Gasteiger partial charge >= 0.3 is 0 Å². The summed E-state index contributed by atoms with van der Waals surface area (Å²) < 4.78 is 19.1. The standard InChI is InChI=1S/C25H24ClFN2O2/c26-20-10-13-24(31-22-6-2-1-3-7-22)23(15-20)28-25(30)19-5-4-14-29(17-19)16-18-8-11-21(27)12-9-18/h1-3,6-13,15,19H,4-5,14,16-17H2,(H,28,30). The van der Waals surface area contributed by atoms with Gasteiger partial charge in [-0.1, -0.05) is 41.9 Å². The van der Waals surface area contributed by atoms with Crippen LogP contribution in [-0.2, 0) is 11.3 Å². The molecule has 1 atom stereocenters. The molecule has 160 valence electrons. The Kier molecular flexibility index (Phi) is 6.85. The van der Waals surface area contributed by atoms with Crippen molar-refractivity contribution in [1.29, 1.82) is 0 Å². The number of ether oxygens (including phenoxy) is 1. The van der Waals surface area contributed by atoms with Crippen LogP contribution in [0.4, 0.5) is 10.1 Å². The van der Waals surface area contributed by atoms with Crippen LogP contribution in [-0.4, -0.2) is 23.9 Å². The monoisotopic (exact) mass is 438 g/mol. The van der Waals surface area contributed by atoms with Crippen LogP contribution in [0.2, 0.25) is 5.02 Å². The van der Waals surface area contributed by atoms with E-state index >= 15 is 0 Å². The molecule has 0 spiro atoms. The third kappa shape index (κ3) is 5.84. The molecule has 1 aliphatic rings. The Morgan fingerprint density at radius 2 is 1.87 bits per heavy atom. The van der Waals surface area contributed by atoms with Gasteiger partial charge in [-0.15, -0.1) is 0 Å². The Bertz CT molecular complexity index is 1030. The average molecular weight is 439 g/mol. The molecule has 4 rings (SSSR count). The number of amides is 1. The fourth-order valence-corrected chi connectivity index (χ4v) is 3.97. The van der Waals surface area contributed by atoms with Gasteiger partial charge in [0.15, 0.2) is 5.75 Å². The first kappa shape index (κ1) is 21.3. The molecule has 3 aromatic carbocycles. The number of carbonyl (C=O) groups is 1. The highest BCUT2D eigenvalue weighted by atomic mass is 35.5. The van der Waals surface area contributed by atoms with Gasteiger partial charge in [-0.3, -0.25) is 9.69 Å². The summed E-state index contributed by atoms with van der Waals surface area (Å²) in [5, 5.41) is 3.53. The molecule has 1 unspecified atom stereocenters. The lowest BCUT2D eigenvalue weighted by molar-refractivity contribution is -0.121. The number of nitrogens with zero attached hydrogens (tertiary/aromatic N) is 1. The quantitative estimate of drug-likeness (QED) is 0.504. The minimum Gasteiger partial charge on any atom is -0.455 e. The van der Waals surface area contributed by atoms with E-state index in [-0.39, 0.29) is 17.6 Å². The summed E-state index contributed by atoms with van der Waals surface area (Å²) in [6.07, 6.45) is 1.75. The maximum Gasteiger partial charge on any atom is 0.228 e. The lowest BCUT2D eigenvalue weighted by atomic mass is 9.96. The summed E-state index contributed by atoms with van der Waals surface area (Å²) in [4.78, 5) is 15.3. The van der Waals surface area contributed by atoms with Crippen LogP contribution in [0.3, 0.4) is 0 Å². The summed E-state index contributed by atoms with van der Waals surface area (Å²) in [6, 6.07) is 21.1. The van der Waals surface area contributed by atoms with Crippen molar-refractivity contribution >= 4 is 23.2 Å². The van der Waals surface area contributed by atoms with E-state index < -0.39 is 0 Å². The van der Waals surface area contributed by atoms with Crippen LogP contribution < -0.4 is 10.1 Å². The molecule has 6 heteroatoms. The molecule has 0 aliphatic carbocycles. The Labute approximate surface area is 186 Å². The summed E-state index contributed by atoms with van der Waals surface area (Å²) in [5.41, 5.74) is 1.59. The first-order chi connectivity index (χ1) is 15.1. The van der Waals surface area contributed by atoms with E-state index in [2.05, 4.69) is 10.2 Å². The fourth-order valence-electron chi connectivity index (χ4n) is 3.80. The smallest absolute Gasteiger partial charge is 0.228 e. The molecule has 1 aliphatic heterocycles. The molecule has 0 bridgehead atoms. The molecule has 0 saturated carbocycles. The van der Waals surface area contributed by atoms with Crippen molar-refractivity contribution in [1.82, 2.24) is 4.90 Å². The van der Waals surface area contributed by atoms with Gasteiger partial charge in [0.25, 0.3) is 0 Å². The third-order valence-corrected chi connectivity index (χ3v) is 5.60. The minimum absolute atomic E-state index is 0.0519. The molecule has 1 N–H and O–H groups in total. The van der Waals surface area contributed by atoms with Gasteiger partial charge in [0.2, 0.25) is 5.91 Å². The molecule has 3 aromatic rings. The summed E-state index contributed by atoms with van der Waals surface area (Å²) in [5.74, 6) is 0.794. The summed E-state index contributed by atoms with van der Waals surface area (Å²) in [7, 11) is 0. The van der Waals surface area contributed by atoms with Gasteiger partial charge in [-0.05, 0) is 67.4 Å². The van der Waals surface area contributed by atoms with Crippen LogP contribution in [0.15, 0.2) is 72.8 Å². The van der Waals surface area contributed by atoms with E-state index in [0.29, 0.717) is 35.3 Å². The van der Waals surface area contributed by atoms with Crippen LogP contribution in [0.25, 0.3) is 0 Å². The fraction of sp³-hybridized carbons (Fsp3) is 0.240. The van der Waals surface area contributed by atoms with E-state index in [4.69, 9.17) is 16.3 Å². The van der Waals surface area contributed by atoms with Crippen molar-refractivity contribution < 1.29 is 13.9 Å². The predicted octanol–water partition coefficient (Wildman–Crippen LogP) is 6.12. The van der Waals surface area contributed by atoms with Crippen LogP contribution in [0.5, 0.6) is 11.5 Å². The number of hydrogen-bond acceptors (Lipinski definition) is 3. The molecular weight excluding hydrogens is 415 g/mol. The number of piperidine rings is 1. The molecule has 4 nitrogen and oxygen atoms in total. The first-order valence-corrected chi connectivity index (χ1v) is 10.7. The molecule has 0 radical (unpaired) electrons. The minimum atomic E-state index is -0.241. The second-order valence-electron chi connectivity index (χ2n) is 7.75. The summed E-state index contributed by atoms with van der Waals surface area (Å²) in [6.45, 7) is 2.27. The maximum atomic E-state index is 13.2. The normalized spacial score (nSPS) is 16.6. The van der Waals surface area contributed by atoms with Crippen molar-refractivity contribution in [2.75, 3.05) is 18.4 Å². The summed E-state index contributed by atoms with van der Waals surface area (Å²) >= 11 is 6.17. The molecule has 1 heterocycles. The van der Waals surface area contributed by atoms with Crippen LogP contribution >= 0.6 is 11.6 Å². The van der Waals surface area contributed by atoms with Gasteiger partial charge in [0, 0.05) is 18.1 Å². The highest BCUT2D eigenvalue weighted by Gasteiger charge is 2.26. The number of halogens is 2. The van der Waals surface area contributed by atoms with Gasteiger partial charge in [-0.25, -0.2) is 4.39 Å². The van der Waals surface area contributed by atoms with Crippen LogP contribution in [0.1, 0.15) is 18.4 Å². The Morgan fingerprint density at radius 1 is 1.10 bits per heavy atom. The zero-order valence-corrected chi connectivity index (χ0v) is 17.8. The van der Waals surface area contributed by atoms with Crippen molar-refractivity contribution in [3.63, 3.8) is 0 Å². The zero-order valence-electron chi connectivity index (χ0n) is 17.1. The third-order valence-electron chi connectivity index (χ3n) is 5.37. The molecular formula is C25H24ClFN2O2. The molecule has 1 fully saturated rings. The number of anilines is 1. The number of hydrogen-bond donors (Lipinski definition) is 1. The predicted molar refractivity (Wildman–Crippen MR) is 121 cm³/mol. The Hall–Kier alpha value is -2.89. The number of carbonyl (C=O) groups excluding carboxylic acids is 1. The van der Waals surface area contributed by atoms with E-state index in [9.17, 15) is 9.18 Å². The molecule has 1 saturated heterocycles. The average Bonchev–Trinajstić information content (AvgIpc) is 2.78. The number of rotatable bonds is 6. The first-order valence-electron chi connectivity index (χ1n) is 10.4. The highest BCUT2D eigenvalue weighted by Crippen LogP contribution is 2.33. The highest BCUT2D eigenvalue weighted by molar-refractivity contribution is 6.31. The maximum absolute atomic E-state index is 13.2. The number of nitrogens with one attached hydrogen (secondary N) is 1. The van der Waals surface area contributed by atoms with Gasteiger partial charge in [0.05, 0.1) is 11.6 Å².